The standard InChI is InChI=1S/C100H136N8O8/c1-97(2,65-41-25-17-9-13-21-29-45-69-109)93(113)105-77-53-37-33-49-73(77)89-81-57-59-83(101-81)90(74-50-34-38-54-78(74)106-94(114)98(3,4)66-42-26-18-10-14-22-30-46-70-110)85-61-63-87(103-85)92(76-52-36-40-56-80(76)108-96(116)100(7,8)68-44-28-20-12-16-24-32-48-72-112)88-64-62-86(104-88)91(84-60-58-82(89)102-84)75-51-35-39-55-79(75)107-95(115)99(5,6)67-43-27-19-11-15-23-31-47-71-111/h33-40,49-64,109-112H,9-32,41-48,65-72H2,1-8H3,(H,105,113)(H,106,114)(H,107,115)(H,108,116). The number of nitrogens with one attached hydrogen (secondary N) is 4. The Labute approximate surface area is 693 Å². The van der Waals surface area contributed by atoms with Crippen LogP contribution in [-0.2, 0) is 19.2 Å². The zero-order valence-corrected chi connectivity index (χ0v) is 71.4. The van der Waals surface area contributed by atoms with Crippen LogP contribution in [0.1, 0.15) is 309 Å². The molecule has 5 aliphatic rings. The fraction of sp³-hybridized carbons (Fsp3) is 0.520. The Balaban J connectivity index is 1.19. The van der Waals surface area contributed by atoms with Gasteiger partial charge in [0.25, 0.3) is 0 Å². The van der Waals surface area contributed by atoms with Gasteiger partial charge in [-0.2, -0.15) is 0 Å². The molecule has 4 amide bonds. The molecule has 116 heavy (non-hydrogen) atoms. The van der Waals surface area contributed by atoms with E-state index in [4.69, 9.17) is 20.0 Å². The van der Waals surface area contributed by atoms with Crippen molar-refractivity contribution in [1.82, 2.24) is 0 Å². The van der Waals surface area contributed by atoms with Gasteiger partial charge in [0.05, 0.1) is 45.6 Å². The predicted molar refractivity (Wildman–Crippen MR) is 484 cm³/mol. The minimum Gasteiger partial charge on any atom is -0.396 e. The van der Waals surface area contributed by atoms with Crippen LogP contribution in [0.2, 0.25) is 0 Å². The Hall–Kier alpha value is -8.80. The maximum atomic E-state index is 15.0. The minimum atomic E-state index is -0.716. The monoisotopic (exact) mass is 1580 g/mol. The zero-order valence-electron chi connectivity index (χ0n) is 71.4. The second-order valence-electron chi connectivity index (χ2n) is 35.1. The number of nitrogens with zero attached hydrogens (tertiary/aromatic N) is 4. The summed E-state index contributed by atoms with van der Waals surface area (Å²) in [4.78, 5) is 82.6. The number of aliphatic hydroxyl groups excluding tert-OH is 4. The summed E-state index contributed by atoms with van der Waals surface area (Å²) in [5.41, 5.74) is 9.48. The van der Waals surface area contributed by atoms with Crippen LogP contribution < -0.4 is 21.3 Å². The van der Waals surface area contributed by atoms with E-state index in [9.17, 15) is 39.6 Å². The Kier molecular flexibility index (Phi) is 36.4. The second-order valence-corrected chi connectivity index (χ2v) is 35.1. The fourth-order valence-electron chi connectivity index (χ4n) is 16.0. The van der Waals surface area contributed by atoms with Gasteiger partial charge in [0.15, 0.2) is 0 Å². The number of unbranched alkanes of at least 4 members (excludes halogenated alkanes) is 28. The van der Waals surface area contributed by atoms with Crippen molar-refractivity contribution < 1.29 is 39.6 Å². The molecular weight excluding hydrogens is 1440 g/mol. The molecule has 0 atom stereocenters. The number of amides is 4. The average Bonchev–Trinajstić information content (AvgIpc) is 1.60. The fourth-order valence-corrected chi connectivity index (χ4v) is 16.0. The normalized spacial score (nSPS) is 14.8. The molecule has 0 saturated carbocycles. The lowest BCUT2D eigenvalue weighted by atomic mass is 9.85. The minimum absolute atomic E-state index is 0.104. The van der Waals surface area contributed by atoms with E-state index in [1.165, 1.54) is 0 Å². The van der Waals surface area contributed by atoms with Crippen LogP contribution in [-0.4, -0.2) is 93.3 Å². The molecule has 8 N–H and O–H groups in total. The third kappa shape index (κ3) is 26.6. The first kappa shape index (κ1) is 91.1. The van der Waals surface area contributed by atoms with E-state index in [1.807, 2.05) is 201 Å². The number of hydrogen-bond acceptors (Lipinski definition) is 12. The van der Waals surface area contributed by atoms with Crippen LogP contribution in [0, 0.1) is 21.7 Å². The van der Waals surface area contributed by atoms with E-state index in [0.29, 0.717) is 139 Å². The van der Waals surface area contributed by atoms with Crippen LogP contribution in [0.4, 0.5) is 22.7 Å². The molecule has 0 radical (unpaired) electrons. The Morgan fingerprint density at radius 2 is 0.405 bits per heavy atom. The Bertz CT molecular complexity index is 3820. The van der Waals surface area contributed by atoms with Crippen molar-refractivity contribution in [2.24, 2.45) is 41.6 Å². The lowest BCUT2D eigenvalue weighted by Gasteiger charge is -2.25. The van der Waals surface area contributed by atoms with Gasteiger partial charge in [0.2, 0.25) is 23.6 Å². The van der Waals surface area contributed by atoms with Gasteiger partial charge in [-0.05, 0) is 124 Å². The first-order valence-electron chi connectivity index (χ1n) is 44.2. The van der Waals surface area contributed by atoms with Crippen molar-refractivity contribution in [2.75, 3.05) is 47.7 Å². The van der Waals surface area contributed by atoms with Gasteiger partial charge < -0.3 is 41.7 Å². The van der Waals surface area contributed by atoms with E-state index in [1.54, 1.807) is 0 Å². The highest BCUT2D eigenvalue weighted by molar-refractivity contribution is 6.41. The van der Waals surface area contributed by atoms with Gasteiger partial charge in [-0.25, -0.2) is 20.0 Å². The first-order chi connectivity index (χ1) is 56.1. The van der Waals surface area contributed by atoms with Crippen molar-refractivity contribution in [3.8, 4) is 0 Å². The van der Waals surface area contributed by atoms with Crippen LogP contribution in [0.5, 0.6) is 0 Å². The smallest absolute Gasteiger partial charge is 0.230 e. The van der Waals surface area contributed by atoms with E-state index in [0.717, 1.165) is 205 Å². The van der Waals surface area contributed by atoms with Gasteiger partial charge in [-0.1, -0.05) is 308 Å². The summed E-state index contributed by atoms with van der Waals surface area (Å²) in [7, 11) is 0. The summed E-state index contributed by atoms with van der Waals surface area (Å²) < 4.78 is 0. The Morgan fingerprint density at radius 1 is 0.241 bits per heavy atom. The van der Waals surface area contributed by atoms with Gasteiger partial charge >= 0.3 is 0 Å². The summed E-state index contributed by atoms with van der Waals surface area (Å²) in [6.07, 6.45) is 52.0. The summed E-state index contributed by atoms with van der Waals surface area (Å²) in [6.45, 7) is 17.1. The summed E-state index contributed by atoms with van der Waals surface area (Å²) in [5.74, 6) is -0.415. The molecule has 5 heterocycles. The molecule has 0 aliphatic carbocycles. The molecule has 5 aliphatic heterocycles. The molecule has 4 aromatic carbocycles. The molecule has 16 heteroatoms. The summed E-state index contributed by atoms with van der Waals surface area (Å²) in [5, 5.41) is 50.8. The number of carbonyl (C=O) groups is 4. The lowest BCUT2D eigenvalue weighted by molar-refractivity contribution is -0.125. The SMILES string of the molecule is CC(C)(CCCCCCCCCCO)C(=O)Nc1ccccc1C1=C2C=CC(=N2)C(c2ccccc2NC(=O)C(C)(C)CCCCCCCCCCO)=C2C=CC(=N2)C(c2ccccc2NC(=O)C(C)(C)CCCCCCCCCCO)=C2C=CC(=N2)C(c2ccccc2NC(=O)C(C)(C)CCCCCCCCCCO)=C2C=CC1=N2. The first-order valence-corrected chi connectivity index (χ1v) is 44.2. The summed E-state index contributed by atoms with van der Waals surface area (Å²) in [6, 6.07) is 31.4. The third-order valence-corrected chi connectivity index (χ3v) is 23.7. The van der Waals surface area contributed by atoms with E-state index < -0.39 is 21.7 Å². The largest absolute Gasteiger partial charge is 0.396 e. The number of aliphatic imine (C=N–C) groups is 4. The molecule has 9 rings (SSSR count). The molecule has 8 bridgehead atoms. The molecule has 624 valence electrons. The van der Waals surface area contributed by atoms with E-state index >= 15 is 0 Å². The van der Waals surface area contributed by atoms with Crippen molar-refractivity contribution in [1.29, 1.82) is 0 Å². The highest BCUT2D eigenvalue weighted by atomic mass is 16.3. The van der Waals surface area contributed by atoms with Crippen LogP contribution in [0.15, 0.2) is 188 Å². The molecular formula is C100H136N8O8. The van der Waals surface area contributed by atoms with Crippen LogP contribution in [0.25, 0.3) is 22.3 Å². The number of hydrogen-bond donors (Lipinski definition) is 8. The topological polar surface area (TPSA) is 247 Å². The average molecular weight is 1580 g/mol. The highest BCUT2D eigenvalue weighted by Gasteiger charge is 2.36. The quantitative estimate of drug-likeness (QED) is 0.0197. The van der Waals surface area contributed by atoms with Crippen molar-refractivity contribution in [3.05, 3.63) is 191 Å². The van der Waals surface area contributed by atoms with Crippen molar-refractivity contribution in [3.63, 3.8) is 0 Å². The number of carbonyl (C=O) groups excluding carboxylic acids is 4. The summed E-state index contributed by atoms with van der Waals surface area (Å²) >= 11 is 0. The molecule has 0 aromatic heterocycles. The predicted octanol–water partition coefficient (Wildman–Crippen LogP) is 23.6. The van der Waals surface area contributed by atoms with Gasteiger partial charge in [-0.15, -0.1) is 0 Å². The number of rotatable bonds is 52. The van der Waals surface area contributed by atoms with Crippen LogP contribution in [0.3, 0.4) is 0 Å². The maximum Gasteiger partial charge on any atom is 0.230 e. The van der Waals surface area contributed by atoms with Crippen LogP contribution >= 0.6 is 0 Å². The number of fused-ring (bicyclic) bond motifs is 4. The van der Waals surface area contributed by atoms with E-state index in [2.05, 4.69) is 21.3 Å². The lowest BCUT2D eigenvalue weighted by Crippen LogP contribution is -2.31. The molecule has 0 saturated heterocycles. The number of aliphatic hydroxyl groups is 4. The molecule has 16 nitrogen and oxygen atoms in total. The zero-order chi connectivity index (χ0) is 82.8. The number of benzene rings is 4. The van der Waals surface area contributed by atoms with Gasteiger partial charge in [-0.3, -0.25) is 19.2 Å². The van der Waals surface area contributed by atoms with Crippen molar-refractivity contribution >= 4 is 91.5 Å². The Morgan fingerprint density at radius 3 is 0.586 bits per heavy atom. The van der Waals surface area contributed by atoms with Gasteiger partial charge in [0.1, 0.15) is 0 Å². The maximum absolute atomic E-state index is 15.0. The number of allylic oxidation sites excluding steroid dienone is 12. The van der Waals surface area contributed by atoms with E-state index in [-0.39, 0.29) is 50.1 Å². The highest BCUT2D eigenvalue weighted by Crippen LogP contribution is 2.45. The number of anilines is 4. The molecule has 0 fully saturated rings. The molecule has 0 unspecified atom stereocenters. The number of para-hydroxylation sites is 4. The van der Waals surface area contributed by atoms with Crippen molar-refractivity contribution in [2.45, 2.75) is 287 Å². The third-order valence-electron chi connectivity index (χ3n) is 23.7. The second kappa shape index (κ2) is 46.4. The molecule has 0 spiro atoms. The molecule has 4 aromatic rings. The van der Waals surface area contributed by atoms with Gasteiger partial charge in [0, 0.05) is 115 Å².